The van der Waals surface area contributed by atoms with Gasteiger partial charge in [-0.3, -0.25) is 9.59 Å². The van der Waals surface area contributed by atoms with E-state index in [0.29, 0.717) is 34.6 Å². The quantitative estimate of drug-likeness (QED) is 0.667. The molecule has 1 aliphatic rings. The number of aromatic nitrogens is 3. The second-order valence-electron chi connectivity index (χ2n) is 6.19. The Bertz CT molecular complexity index is 952. The predicted octanol–water partition coefficient (Wildman–Crippen LogP) is 0.905. The zero-order chi connectivity index (χ0) is 16.5. The van der Waals surface area contributed by atoms with Gasteiger partial charge in [0.05, 0.1) is 17.1 Å². The number of nitrogens with one attached hydrogen (secondary N) is 3. The van der Waals surface area contributed by atoms with Crippen LogP contribution in [0.5, 0.6) is 0 Å². The molecule has 7 heteroatoms. The zero-order valence-electron chi connectivity index (χ0n) is 13.2. The average Bonchev–Trinajstić information content (AvgIpc) is 3.05. The summed E-state index contributed by atoms with van der Waals surface area (Å²) in [4.78, 5) is 27.5. The molecule has 1 saturated heterocycles. The molecule has 1 fully saturated rings. The van der Waals surface area contributed by atoms with Gasteiger partial charge in [0.15, 0.2) is 0 Å². The number of carbonyl (C=O) groups is 1. The van der Waals surface area contributed by atoms with Crippen molar-refractivity contribution in [3.8, 4) is 0 Å². The highest BCUT2D eigenvalue weighted by Crippen LogP contribution is 2.15. The molecule has 3 N–H and O–H groups in total. The van der Waals surface area contributed by atoms with Crippen LogP contribution in [0.2, 0.25) is 0 Å². The minimum atomic E-state index is -0.217. The van der Waals surface area contributed by atoms with Crippen LogP contribution in [0.1, 0.15) is 23.2 Å². The molecule has 24 heavy (non-hydrogen) atoms. The molecule has 1 aliphatic heterocycles. The SMILES string of the molecule is O=C(NCC1CCNCC1)c1cnn2c1[nH]c(=O)c1ccccc12. The van der Waals surface area contributed by atoms with Crippen LogP contribution in [0, 0.1) is 5.92 Å². The van der Waals surface area contributed by atoms with Crippen LogP contribution < -0.4 is 16.2 Å². The Hall–Kier alpha value is -2.67. The van der Waals surface area contributed by atoms with Crippen LogP contribution in [0.15, 0.2) is 35.3 Å². The lowest BCUT2D eigenvalue weighted by Crippen LogP contribution is -2.36. The van der Waals surface area contributed by atoms with Gasteiger partial charge < -0.3 is 15.6 Å². The van der Waals surface area contributed by atoms with Gasteiger partial charge in [-0.15, -0.1) is 0 Å². The second kappa shape index (κ2) is 6.09. The smallest absolute Gasteiger partial charge is 0.259 e. The van der Waals surface area contributed by atoms with Crippen molar-refractivity contribution >= 4 is 22.5 Å². The molecular formula is C17H19N5O2. The Labute approximate surface area is 138 Å². The van der Waals surface area contributed by atoms with Crippen LogP contribution in [0.25, 0.3) is 16.6 Å². The fraction of sp³-hybridized carbons (Fsp3) is 0.353. The van der Waals surface area contributed by atoms with E-state index in [4.69, 9.17) is 0 Å². The summed E-state index contributed by atoms with van der Waals surface area (Å²) in [5.41, 5.74) is 1.30. The number of aromatic amines is 1. The minimum absolute atomic E-state index is 0.200. The summed E-state index contributed by atoms with van der Waals surface area (Å²) >= 11 is 0. The Kier molecular flexibility index (Phi) is 3.78. The fourth-order valence-electron chi connectivity index (χ4n) is 3.26. The highest BCUT2D eigenvalue weighted by atomic mass is 16.2. The summed E-state index contributed by atoms with van der Waals surface area (Å²) < 4.78 is 1.61. The summed E-state index contributed by atoms with van der Waals surface area (Å²) in [6, 6.07) is 7.22. The number of rotatable bonds is 3. The molecule has 4 rings (SSSR count). The van der Waals surface area contributed by atoms with Gasteiger partial charge in [0.1, 0.15) is 11.2 Å². The average molecular weight is 325 g/mol. The number of H-pyrrole nitrogens is 1. The van der Waals surface area contributed by atoms with Gasteiger partial charge in [-0.25, -0.2) is 4.52 Å². The Morgan fingerprint density at radius 1 is 1.29 bits per heavy atom. The first-order valence-electron chi connectivity index (χ1n) is 8.22. The number of amides is 1. The van der Waals surface area contributed by atoms with Crippen molar-refractivity contribution in [2.75, 3.05) is 19.6 Å². The van der Waals surface area contributed by atoms with E-state index in [9.17, 15) is 9.59 Å². The number of piperidine rings is 1. The van der Waals surface area contributed by atoms with E-state index in [1.165, 1.54) is 6.20 Å². The van der Waals surface area contributed by atoms with Crippen molar-refractivity contribution in [1.29, 1.82) is 0 Å². The Morgan fingerprint density at radius 3 is 2.92 bits per heavy atom. The van der Waals surface area contributed by atoms with Gasteiger partial charge in [-0.2, -0.15) is 5.10 Å². The number of para-hydroxylation sites is 1. The maximum absolute atomic E-state index is 12.5. The maximum atomic E-state index is 12.5. The minimum Gasteiger partial charge on any atom is -0.352 e. The third kappa shape index (κ3) is 2.56. The number of hydrogen-bond acceptors (Lipinski definition) is 4. The largest absolute Gasteiger partial charge is 0.352 e. The van der Waals surface area contributed by atoms with Crippen LogP contribution in [-0.4, -0.2) is 40.1 Å². The van der Waals surface area contributed by atoms with E-state index < -0.39 is 0 Å². The lowest BCUT2D eigenvalue weighted by atomic mass is 9.98. The highest BCUT2D eigenvalue weighted by molar-refractivity contribution is 6.00. The molecule has 1 aromatic carbocycles. The van der Waals surface area contributed by atoms with Crippen molar-refractivity contribution in [3.63, 3.8) is 0 Å². The van der Waals surface area contributed by atoms with Crippen LogP contribution >= 0.6 is 0 Å². The van der Waals surface area contributed by atoms with Crippen LogP contribution in [0.3, 0.4) is 0 Å². The summed E-state index contributed by atoms with van der Waals surface area (Å²) in [6.07, 6.45) is 3.64. The summed E-state index contributed by atoms with van der Waals surface area (Å²) in [6.45, 7) is 2.64. The van der Waals surface area contributed by atoms with Gasteiger partial charge in [-0.05, 0) is 44.0 Å². The van der Waals surface area contributed by atoms with Gasteiger partial charge in [0.25, 0.3) is 11.5 Å². The standard InChI is InChI=1S/C17H19N5O2/c23-16(19-9-11-5-7-18-8-6-11)13-10-20-22-14-4-2-1-3-12(14)17(24)21-15(13)22/h1-4,10-11,18H,5-9H2,(H,19,23)(H,21,24). The zero-order valence-corrected chi connectivity index (χ0v) is 13.2. The molecule has 3 aromatic rings. The first-order chi connectivity index (χ1) is 11.7. The van der Waals surface area contributed by atoms with Crippen molar-refractivity contribution in [2.24, 2.45) is 5.92 Å². The second-order valence-corrected chi connectivity index (χ2v) is 6.19. The molecule has 124 valence electrons. The summed E-state index contributed by atoms with van der Waals surface area (Å²) in [5, 5.41) is 11.1. The molecule has 0 spiro atoms. The first-order valence-corrected chi connectivity index (χ1v) is 8.22. The molecule has 0 atom stereocenters. The van der Waals surface area contributed by atoms with Crippen molar-refractivity contribution in [1.82, 2.24) is 25.2 Å². The molecule has 1 amide bonds. The van der Waals surface area contributed by atoms with Crippen LogP contribution in [0.4, 0.5) is 0 Å². The number of nitrogens with zero attached hydrogens (tertiary/aromatic N) is 2. The molecule has 0 bridgehead atoms. The van der Waals surface area contributed by atoms with Crippen molar-refractivity contribution in [2.45, 2.75) is 12.8 Å². The van der Waals surface area contributed by atoms with E-state index in [0.717, 1.165) is 25.9 Å². The van der Waals surface area contributed by atoms with E-state index in [1.807, 2.05) is 12.1 Å². The van der Waals surface area contributed by atoms with Gasteiger partial charge in [0.2, 0.25) is 0 Å². The van der Waals surface area contributed by atoms with Gasteiger partial charge >= 0.3 is 0 Å². The summed E-state index contributed by atoms with van der Waals surface area (Å²) in [7, 11) is 0. The molecule has 3 heterocycles. The Morgan fingerprint density at radius 2 is 2.08 bits per heavy atom. The number of hydrogen-bond donors (Lipinski definition) is 3. The molecule has 0 saturated carbocycles. The van der Waals surface area contributed by atoms with Gasteiger partial charge in [0, 0.05) is 6.54 Å². The topological polar surface area (TPSA) is 91.3 Å². The number of benzene rings is 1. The summed E-state index contributed by atoms with van der Waals surface area (Å²) in [5.74, 6) is 0.298. The van der Waals surface area contributed by atoms with Crippen molar-refractivity contribution in [3.05, 3.63) is 46.4 Å². The molecule has 0 radical (unpaired) electrons. The third-order valence-electron chi connectivity index (χ3n) is 4.63. The molecular weight excluding hydrogens is 306 g/mol. The Balaban J connectivity index is 1.64. The molecule has 0 aliphatic carbocycles. The lowest BCUT2D eigenvalue weighted by molar-refractivity contribution is 0.0945. The van der Waals surface area contributed by atoms with Gasteiger partial charge in [-0.1, -0.05) is 12.1 Å². The molecule has 0 unspecified atom stereocenters. The van der Waals surface area contributed by atoms with E-state index in [-0.39, 0.29) is 11.5 Å². The lowest BCUT2D eigenvalue weighted by Gasteiger charge is -2.22. The highest BCUT2D eigenvalue weighted by Gasteiger charge is 2.18. The fourth-order valence-corrected chi connectivity index (χ4v) is 3.26. The predicted molar refractivity (Wildman–Crippen MR) is 91.2 cm³/mol. The maximum Gasteiger partial charge on any atom is 0.259 e. The molecule has 7 nitrogen and oxygen atoms in total. The first kappa shape index (κ1) is 14.9. The van der Waals surface area contributed by atoms with Crippen molar-refractivity contribution < 1.29 is 4.79 Å². The number of carbonyl (C=O) groups excluding carboxylic acids is 1. The normalized spacial score (nSPS) is 15.8. The van der Waals surface area contributed by atoms with Crippen LogP contribution in [-0.2, 0) is 0 Å². The number of fused-ring (bicyclic) bond motifs is 3. The molecule has 2 aromatic heterocycles. The van der Waals surface area contributed by atoms with E-state index in [1.54, 1.807) is 16.6 Å². The monoisotopic (exact) mass is 325 g/mol. The van der Waals surface area contributed by atoms with E-state index in [2.05, 4.69) is 20.7 Å². The van der Waals surface area contributed by atoms with E-state index >= 15 is 0 Å². The third-order valence-corrected chi connectivity index (χ3v) is 4.63.